The van der Waals surface area contributed by atoms with Gasteiger partial charge in [-0.3, -0.25) is 0 Å². The smallest absolute Gasteiger partial charge is 0.0725 e. The van der Waals surface area contributed by atoms with Crippen molar-refractivity contribution in [1.29, 1.82) is 0 Å². The van der Waals surface area contributed by atoms with Gasteiger partial charge in [0.2, 0.25) is 0 Å². The van der Waals surface area contributed by atoms with E-state index in [1.165, 1.54) is 166 Å². The van der Waals surface area contributed by atoms with E-state index >= 15 is 0 Å². The first-order chi connectivity index (χ1) is 43.1. The number of benzene rings is 14. The molecule has 1 spiro atoms. The molecule has 404 valence electrons. The van der Waals surface area contributed by atoms with Gasteiger partial charge in [-0.2, -0.15) is 0 Å². The lowest BCUT2D eigenvalue weighted by Crippen LogP contribution is -2.26. The Morgan fingerprint density at radius 2 is 0.552 bits per heavy atom. The van der Waals surface area contributed by atoms with E-state index in [2.05, 4.69) is 337 Å². The number of rotatable bonds is 8. The molecule has 18 rings (SSSR count). The number of hydrogen-bond acceptors (Lipinski definition) is 0. The van der Waals surface area contributed by atoms with Gasteiger partial charge in [0.1, 0.15) is 0 Å². The van der Waals surface area contributed by atoms with E-state index in [0.717, 1.165) is 0 Å². The van der Waals surface area contributed by atoms with Crippen molar-refractivity contribution < 1.29 is 0 Å². The molecule has 0 saturated heterocycles. The van der Waals surface area contributed by atoms with Gasteiger partial charge in [0.05, 0.1) is 27.5 Å². The van der Waals surface area contributed by atoms with Gasteiger partial charge in [-0.1, -0.05) is 231 Å². The quantitative estimate of drug-likeness (QED) is 0.134. The van der Waals surface area contributed by atoms with Crippen molar-refractivity contribution >= 4 is 89.5 Å². The maximum Gasteiger partial charge on any atom is 0.0725 e. The monoisotopic (exact) mass is 1100 g/mol. The fraction of sp³-hybridized carbons (Fsp3) is 0.0118. The van der Waals surface area contributed by atoms with Gasteiger partial charge in [0, 0.05) is 32.9 Å². The summed E-state index contributed by atoms with van der Waals surface area (Å²) in [5.74, 6) is 0. The van der Waals surface area contributed by atoms with Gasteiger partial charge in [-0.05, 0) is 208 Å². The Kier molecular flexibility index (Phi) is 10.9. The van der Waals surface area contributed by atoms with Crippen LogP contribution in [0.5, 0.6) is 0 Å². The molecule has 0 atom stereocenters. The van der Waals surface area contributed by atoms with E-state index in [1.54, 1.807) is 0 Å². The van der Waals surface area contributed by atoms with Crippen LogP contribution < -0.4 is 0 Å². The summed E-state index contributed by atoms with van der Waals surface area (Å²) in [6.45, 7) is 0. The normalized spacial score (nSPS) is 13.1. The summed E-state index contributed by atoms with van der Waals surface area (Å²) in [4.78, 5) is 0. The van der Waals surface area contributed by atoms with Crippen LogP contribution in [0.15, 0.2) is 303 Å². The van der Waals surface area contributed by atoms with E-state index in [4.69, 9.17) is 0 Å². The molecule has 2 aromatic heterocycles. The summed E-state index contributed by atoms with van der Waals surface area (Å²) >= 11 is 0. The van der Waals surface area contributed by atoms with E-state index in [-0.39, 0.29) is 0 Å². The Labute approximate surface area is 504 Å². The zero-order chi connectivity index (χ0) is 57.2. The molecule has 2 aliphatic rings. The topological polar surface area (TPSA) is 9.86 Å². The minimum Gasteiger partial charge on any atom is -0.309 e. The second-order valence-corrected chi connectivity index (χ2v) is 23.6. The van der Waals surface area contributed by atoms with Crippen LogP contribution in [-0.2, 0) is 5.41 Å². The first kappa shape index (κ1) is 49.1. The van der Waals surface area contributed by atoms with Crippen LogP contribution in [0.2, 0.25) is 0 Å². The number of nitrogens with zero attached hydrogens (tertiary/aromatic N) is 2. The van der Waals surface area contributed by atoms with Crippen LogP contribution >= 0.6 is 0 Å². The van der Waals surface area contributed by atoms with Gasteiger partial charge >= 0.3 is 0 Å². The second-order valence-electron chi connectivity index (χ2n) is 23.6. The highest BCUT2D eigenvalue weighted by atomic mass is 15.0. The zero-order valence-electron chi connectivity index (χ0n) is 47.6. The van der Waals surface area contributed by atoms with Crippen LogP contribution in [-0.4, -0.2) is 9.13 Å². The molecule has 0 N–H and O–H groups in total. The molecule has 14 aromatic carbocycles. The summed E-state index contributed by atoms with van der Waals surface area (Å²) in [6.07, 6.45) is 9.14. The molecule has 0 saturated carbocycles. The molecule has 2 heterocycles. The number of fused-ring (bicyclic) bond motifs is 18. The van der Waals surface area contributed by atoms with Gasteiger partial charge < -0.3 is 9.13 Å². The van der Waals surface area contributed by atoms with E-state index in [9.17, 15) is 0 Å². The average molecular weight is 1100 g/mol. The van der Waals surface area contributed by atoms with Crippen LogP contribution in [0, 0.1) is 0 Å². The lowest BCUT2D eigenvalue weighted by molar-refractivity contribution is 0.793. The summed E-state index contributed by atoms with van der Waals surface area (Å²) in [5.41, 5.74) is 26.8. The zero-order valence-corrected chi connectivity index (χ0v) is 47.6. The van der Waals surface area contributed by atoms with E-state index < -0.39 is 5.41 Å². The molecular formula is C85H54N2. The minimum absolute atomic E-state index is 0.472. The summed E-state index contributed by atoms with van der Waals surface area (Å²) < 4.78 is 4.75. The van der Waals surface area contributed by atoms with Gasteiger partial charge in [0.15, 0.2) is 0 Å². The molecule has 2 aliphatic carbocycles. The Bertz CT molecular complexity index is 5230. The third kappa shape index (κ3) is 7.68. The summed E-state index contributed by atoms with van der Waals surface area (Å²) in [5, 5.41) is 9.94. The lowest BCUT2D eigenvalue weighted by Gasteiger charge is -2.30. The maximum absolute atomic E-state index is 2.46. The van der Waals surface area contributed by atoms with Crippen LogP contribution in [0.1, 0.15) is 44.5 Å². The van der Waals surface area contributed by atoms with Crippen molar-refractivity contribution in [2.24, 2.45) is 0 Å². The second kappa shape index (κ2) is 19.4. The van der Waals surface area contributed by atoms with Crippen molar-refractivity contribution in [2.75, 3.05) is 0 Å². The molecule has 0 unspecified atom stereocenters. The van der Waals surface area contributed by atoms with E-state index in [1.807, 2.05) is 0 Å². The molecule has 0 amide bonds. The summed E-state index contributed by atoms with van der Waals surface area (Å²) in [7, 11) is 0. The molecule has 0 aliphatic heterocycles. The van der Waals surface area contributed by atoms with Crippen molar-refractivity contribution in [3.8, 4) is 55.9 Å². The first-order valence-corrected chi connectivity index (χ1v) is 30.2. The lowest BCUT2D eigenvalue weighted by atomic mass is 9.70. The first-order valence-electron chi connectivity index (χ1n) is 30.2. The van der Waals surface area contributed by atoms with E-state index in [0.29, 0.717) is 0 Å². The summed E-state index contributed by atoms with van der Waals surface area (Å²) in [6, 6.07) is 113. The SMILES string of the molecule is C(=Cc1ccc2cc(-c3ccc4c(c3)c3ccccc3n4-c3ccccc3)ccc2c1)c1ccc2c(c1)C1(c3ccccc3-c3ccccc31)c1cc(C=Cc3ccc4cc(-c5ccc6c(c5)c5ccccc5n6-c5ccccc5)ccc4c3)ccc1-2. The fourth-order valence-electron chi connectivity index (χ4n) is 14.9. The minimum atomic E-state index is -0.472. The molecular weight excluding hydrogens is 1050 g/mol. The molecule has 16 aromatic rings. The fourth-order valence-corrected chi connectivity index (χ4v) is 14.9. The molecule has 87 heavy (non-hydrogen) atoms. The molecule has 0 fully saturated rings. The standard InChI is InChI=1S/C85H54N2/c1-3-15-67(16-4-1)86-81-25-13-9-21-73(81)75-53-65(41-45-83(75)86)63-39-37-59-47-55(31-35-61(59)51-63)27-29-57-33-43-71-72-44-34-58(50-80(72)85(79(71)49-57)77-23-11-7-19-69(77)70-20-8-12-24-78(70)85)30-28-56-32-36-62-52-64(40-38-60(62)48-56)66-42-46-84-76(54-66)74-22-10-14-26-82(74)87(84)68-17-5-2-6-18-68/h1-54H. The Morgan fingerprint density at radius 3 is 1.02 bits per heavy atom. The van der Waals surface area contributed by atoms with Crippen LogP contribution in [0.3, 0.4) is 0 Å². The highest BCUT2D eigenvalue weighted by molar-refractivity contribution is 6.12. The van der Waals surface area contributed by atoms with Crippen molar-refractivity contribution in [3.63, 3.8) is 0 Å². The van der Waals surface area contributed by atoms with Crippen LogP contribution in [0.25, 0.3) is 145 Å². The molecule has 2 heteroatoms. The number of hydrogen-bond donors (Lipinski definition) is 0. The van der Waals surface area contributed by atoms with Gasteiger partial charge in [-0.15, -0.1) is 0 Å². The highest BCUT2D eigenvalue weighted by Crippen LogP contribution is 2.63. The van der Waals surface area contributed by atoms with Crippen molar-refractivity contribution in [1.82, 2.24) is 9.13 Å². The predicted molar refractivity (Wildman–Crippen MR) is 368 cm³/mol. The van der Waals surface area contributed by atoms with Crippen molar-refractivity contribution in [3.05, 3.63) is 348 Å². The molecule has 0 bridgehead atoms. The Morgan fingerprint density at radius 1 is 0.218 bits per heavy atom. The van der Waals surface area contributed by atoms with Crippen LogP contribution in [0.4, 0.5) is 0 Å². The molecule has 0 radical (unpaired) electrons. The highest BCUT2D eigenvalue weighted by Gasteiger charge is 2.51. The Hall–Kier alpha value is -11.3. The average Bonchev–Trinajstić information content (AvgIpc) is 1.55. The third-order valence-corrected chi connectivity index (χ3v) is 18.8. The van der Waals surface area contributed by atoms with Gasteiger partial charge in [-0.25, -0.2) is 0 Å². The van der Waals surface area contributed by atoms with Crippen molar-refractivity contribution in [2.45, 2.75) is 5.41 Å². The maximum atomic E-state index is 2.46. The molecule has 2 nitrogen and oxygen atoms in total. The largest absolute Gasteiger partial charge is 0.309 e. The number of aromatic nitrogens is 2. The third-order valence-electron chi connectivity index (χ3n) is 18.8. The number of para-hydroxylation sites is 4. The predicted octanol–water partition coefficient (Wildman–Crippen LogP) is 22.2. The Balaban J connectivity index is 0.651. The van der Waals surface area contributed by atoms with Gasteiger partial charge in [0.25, 0.3) is 0 Å².